The van der Waals surface area contributed by atoms with E-state index in [0.29, 0.717) is 13.2 Å². The van der Waals surface area contributed by atoms with Gasteiger partial charge in [-0.2, -0.15) is 11.8 Å². The summed E-state index contributed by atoms with van der Waals surface area (Å²) in [6.07, 6.45) is 1.18. The zero-order chi connectivity index (χ0) is 13.9. The SMILES string of the molecule is CCOc1ccc(NCCCSCC)cc1OCC. The van der Waals surface area contributed by atoms with E-state index in [1.54, 1.807) is 0 Å². The maximum Gasteiger partial charge on any atom is 0.163 e. The summed E-state index contributed by atoms with van der Waals surface area (Å²) < 4.78 is 11.2. The maximum atomic E-state index is 5.61. The number of thioether (sulfide) groups is 1. The van der Waals surface area contributed by atoms with E-state index >= 15 is 0 Å². The van der Waals surface area contributed by atoms with Crippen LogP contribution in [0.1, 0.15) is 27.2 Å². The summed E-state index contributed by atoms with van der Waals surface area (Å²) in [4.78, 5) is 0. The highest BCUT2D eigenvalue weighted by molar-refractivity contribution is 7.99. The average Bonchev–Trinajstić information content (AvgIpc) is 2.42. The Bertz CT molecular complexity index is 358. The van der Waals surface area contributed by atoms with E-state index in [2.05, 4.69) is 12.2 Å². The molecule has 0 saturated carbocycles. The molecule has 108 valence electrons. The molecule has 1 rings (SSSR count). The van der Waals surface area contributed by atoms with Crippen molar-refractivity contribution >= 4 is 17.4 Å². The molecule has 0 aliphatic rings. The van der Waals surface area contributed by atoms with Crippen LogP contribution in [0.15, 0.2) is 18.2 Å². The van der Waals surface area contributed by atoms with Crippen LogP contribution in [0.2, 0.25) is 0 Å². The monoisotopic (exact) mass is 283 g/mol. The van der Waals surface area contributed by atoms with Gasteiger partial charge in [-0.05, 0) is 43.9 Å². The smallest absolute Gasteiger partial charge is 0.163 e. The molecule has 0 bridgehead atoms. The summed E-state index contributed by atoms with van der Waals surface area (Å²) in [7, 11) is 0. The Labute approximate surface area is 121 Å². The van der Waals surface area contributed by atoms with Gasteiger partial charge in [-0.15, -0.1) is 0 Å². The lowest BCUT2D eigenvalue weighted by Crippen LogP contribution is -2.04. The Hall–Kier alpha value is -1.03. The van der Waals surface area contributed by atoms with Gasteiger partial charge < -0.3 is 14.8 Å². The minimum absolute atomic E-state index is 0.649. The van der Waals surface area contributed by atoms with E-state index in [1.807, 2.05) is 43.8 Å². The van der Waals surface area contributed by atoms with Crippen molar-refractivity contribution in [3.8, 4) is 11.5 Å². The van der Waals surface area contributed by atoms with Crippen molar-refractivity contribution in [1.29, 1.82) is 0 Å². The van der Waals surface area contributed by atoms with Gasteiger partial charge in [0.2, 0.25) is 0 Å². The van der Waals surface area contributed by atoms with Crippen LogP contribution in [0.5, 0.6) is 11.5 Å². The third kappa shape index (κ3) is 6.10. The molecule has 19 heavy (non-hydrogen) atoms. The fourth-order valence-corrected chi connectivity index (χ4v) is 2.35. The van der Waals surface area contributed by atoms with Crippen molar-refractivity contribution in [2.75, 3.05) is 36.6 Å². The van der Waals surface area contributed by atoms with E-state index in [1.165, 1.54) is 17.9 Å². The number of benzene rings is 1. The van der Waals surface area contributed by atoms with Crippen molar-refractivity contribution in [2.45, 2.75) is 27.2 Å². The minimum atomic E-state index is 0.649. The second-order valence-electron chi connectivity index (χ2n) is 4.00. The standard InChI is InChI=1S/C15H25NO2S/c1-4-17-14-9-8-13(12-15(14)18-5-2)16-10-7-11-19-6-3/h8-9,12,16H,4-7,10-11H2,1-3H3. The molecule has 1 N–H and O–H groups in total. The number of ether oxygens (including phenoxy) is 2. The number of anilines is 1. The molecule has 1 aromatic carbocycles. The fourth-order valence-electron chi connectivity index (χ4n) is 1.71. The molecule has 0 spiro atoms. The quantitative estimate of drug-likeness (QED) is 0.657. The van der Waals surface area contributed by atoms with Crippen molar-refractivity contribution in [3.63, 3.8) is 0 Å². The van der Waals surface area contributed by atoms with Crippen LogP contribution in [0.25, 0.3) is 0 Å². The van der Waals surface area contributed by atoms with Crippen LogP contribution in [0, 0.1) is 0 Å². The predicted octanol–water partition coefficient (Wildman–Crippen LogP) is 4.04. The minimum Gasteiger partial charge on any atom is -0.490 e. The van der Waals surface area contributed by atoms with Gasteiger partial charge in [0.15, 0.2) is 11.5 Å². The van der Waals surface area contributed by atoms with Gasteiger partial charge >= 0.3 is 0 Å². The summed E-state index contributed by atoms with van der Waals surface area (Å²) in [5.41, 5.74) is 1.09. The zero-order valence-corrected chi connectivity index (χ0v) is 13.0. The van der Waals surface area contributed by atoms with Crippen molar-refractivity contribution in [3.05, 3.63) is 18.2 Å². The Morgan fingerprint density at radius 2 is 1.79 bits per heavy atom. The van der Waals surface area contributed by atoms with Gasteiger partial charge in [-0.3, -0.25) is 0 Å². The van der Waals surface area contributed by atoms with Gasteiger partial charge in [0.1, 0.15) is 0 Å². The van der Waals surface area contributed by atoms with Crippen LogP contribution in [-0.4, -0.2) is 31.3 Å². The van der Waals surface area contributed by atoms with Crippen molar-refractivity contribution in [2.24, 2.45) is 0 Å². The Kier molecular flexibility index (Phi) is 8.30. The summed E-state index contributed by atoms with van der Waals surface area (Å²) >= 11 is 1.98. The third-order valence-corrected chi connectivity index (χ3v) is 3.53. The topological polar surface area (TPSA) is 30.5 Å². The van der Waals surface area contributed by atoms with Gasteiger partial charge in [-0.25, -0.2) is 0 Å². The van der Waals surface area contributed by atoms with Crippen molar-refractivity contribution in [1.82, 2.24) is 0 Å². The number of nitrogens with one attached hydrogen (secondary N) is 1. The first-order valence-corrected chi connectivity index (χ1v) is 8.18. The highest BCUT2D eigenvalue weighted by atomic mass is 32.2. The first-order valence-electron chi connectivity index (χ1n) is 7.03. The molecular formula is C15H25NO2S. The molecule has 3 nitrogen and oxygen atoms in total. The molecule has 0 saturated heterocycles. The van der Waals surface area contributed by atoms with Crippen LogP contribution >= 0.6 is 11.8 Å². The second kappa shape index (κ2) is 9.84. The van der Waals surface area contributed by atoms with E-state index in [-0.39, 0.29) is 0 Å². The molecule has 0 amide bonds. The third-order valence-electron chi connectivity index (χ3n) is 2.54. The molecule has 4 heteroatoms. The normalized spacial score (nSPS) is 10.3. The lowest BCUT2D eigenvalue weighted by Gasteiger charge is -2.13. The molecular weight excluding hydrogens is 258 g/mol. The molecule has 0 aliphatic heterocycles. The second-order valence-corrected chi connectivity index (χ2v) is 5.40. The van der Waals surface area contributed by atoms with E-state index in [9.17, 15) is 0 Å². The molecule has 0 aromatic heterocycles. The van der Waals surface area contributed by atoms with Crippen LogP contribution in [0.4, 0.5) is 5.69 Å². The molecule has 0 fully saturated rings. The predicted molar refractivity (Wildman–Crippen MR) is 84.9 cm³/mol. The first-order chi connectivity index (χ1) is 9.31. The Balaban J connectivity index is 2.51. The number of hydrogen-bond donors (Lipinski definition) is 1. The largest absolute Gasteiger partial charge is 0.490 e. The van der Waals surface area contributed by atoms with E-state index in [0.717, 1.165) is 23.7 Å². The van der Waals surface area contributed by atoms with Gasteiger partial charge in [0.25, 0.3) is 0 Å². The first kappa shape index (κ1) is 16.0. The van der Waals surface area contributed by atoms with E-state index < -0.39 is 0 Å². The lowest BCUT2D eigenvalue weighted by atomic mass is 10.2. The molecule has 0 radical (unpaired) electrons. The van der Waals surface area contributed by atoms with Crippen LogP contribution < -0.4 is 14.8 Å². The zero-order valence-electron chi connectivity index (χ0n) is 12.2. The summed E-state index contributed by atoms with van der Waals surface area (Å²) in [5, 5.41) is 3.42. The van der Waals surface area contributed by atoms with Crippen LogP contribution in [0.3, 0.4) is 0 Å². The lowest BCUT2D eigenvalue weighted by molar-refractivity contribution is 0.288. The van der Waals surface area contributed by atoms with Crippen LogP contribution in [-0.2, 0) is 0 Å². The molecule has 0 aliphatic carbocycles. The average molecular weight is 283 g/mol. The summed E-state index contributed by atoms with van der Waals surface area (Å²) in [6, 6.07) is 6.03. The van der Waals surface area contributed by atoms with E-state index in [4.69, 9.17) is 9.47 Å². The van der Waals surface area contributed by atoms with Gasteiger partial charge in [-0.1, -0.05) is 6.92 Å². The Morgan fingerprint density at radius 3 is 2.47 bits per heavy atom. The van der Waals surface area contributed by atoms with Gasteiger partial charge in [0, 0.05) is 18.3 Å². The van der Waals surface area contributed by atoms with Gasteiger partial charge in [0.05, 0.1) is 13.2 Å². The molecule has 0 unspecified atom stereocenters. The number of hydrogen-bond acceptors (Lipinski definition) is 4. The van der Waals surface area contributed by atoms with Crippen molar-refractivity contribution < 1.29 is 9.47 Å². The Morgan fingerprint density at radius 1 is 1.05 bits per heavy atom. The summed E-state index contributed by atoms with van der Waals surface area (Å²) in [5.74, 6) is 4.03. The molecule has 0 atom stereocenters. The number of rotatable bonds is 10. The maximum absolute atomic E-state index is 5.61. The highest BCUT2D eigenvalue weighted by Crippen LogP contribution is 2.30. The highest BCUT2D eigenvalue weighted by Gasteiger charge is 2.05. The summed E-state index contributed by atoms with van der Waals surface area (Å²) in [6.45, 7) is 8.45. The molecule has 1 aromatic rings. The fraction of sp³-hybridized carbons (Fsp3) is 0.600. The molecule has 0 heterocycles.